The SMILES string of the molecule is C[C@H]1CSc2nc(-c3cnc(C(C)(C)C)c(F)c3)c(C#N)c(=O)n2C1. The van der Waals surface area contributed by atoms with Crippen LogP contribution in [-0.2, 0) is 12.0 Å². The fourth-order valence-corrected chi connectivity index (χ4v) is 3.82. The molecule has 2 aromatic heterocycles. The van der Waals surface area contributed by atoms with Crippen LogP contribution in [-0.4, -0.2) is 20.3 Å². The third-order valence-corrected chi connectivity index (χ3v) is 5.37. The molecule has 0 radical (unpaired) electrons. The Balaban J connectivity index is 2.19. The zero-order valence-corrected chi connectivity index (χ0v) is 15.4. The Morgan fingerprint density at radius 1 is 1.44 bits per heavy atom. The molecule has 0 saturated heterocycles. The number of rotatable bonds is 1. The Morgan fingerprint density at radius 3 is 2.76 bits per heavy atom. The largest absolute Gasteiger partial charge is 0.286 e. The number of halogens is 1. The molecule has 0 aromatic carbocycles. The molecular weight excluding hydrogens is 339 g/mol. The van der Waals surface area contributed by atoms with Crippen molar-refractivity contribution in [2.45, 2.75) is 44.8 Å². The van der Waals surface area contributed by atoms with Crippen LogP contribution >= 0.6 is 11.8 Å². The molecule has 5 nitrogen and oxygen atoms in total. The quantitative estimate of drug-likeness (QED) is 0.731. The third kappa shape index (κ3) is 3.19. The summed E-state index contributed by atoms with van der Waals surface area (Å²) in [6.07, 6.45) is 1.49. The van der Waals surface area contributed by atoms with E-state index in [0.29, 0.717) is 28.9 Å². The summed E-state index contributed by atoms with van der Waals surface area (Å²) >= 11 is 1.48. The molecule has 0 spiro atoms. The van der Waals surface area contributed by atoms with Crippen molar-refractivity contribution in [2.75, 3.05) is 5.75 Å². The summed E-state index contributed by atoms with van der Waals surface area (Å²) in [4.78, 5) is 21.4. The summed E-state index contributed by atoms with van der Waals surface area (Å²) in [7, 11) is 0. The van der Waals surface area contributed by atoms with E-state index >= 15 is 0 Å². The van der Waals surface area contributed by atoms with Crippen LogP contribution in [0.25, 0.3) is 11.3 Å². The van der Waals surface area contributed by atoms with Gasteiger partial charge in [-0.2, -0.15) is 5.26 Å². The van der Waals surface area contributed by atoms with Crippen LogP contribution in [0.3, 0.4) is 0 Å². The fourth-order valence-electron chi connectivity index (χ4n) is 2.82. The second-order valence-corrected chi connectivity index (χ2v) is 8.35. The Kier molecular flexibility index (Phi) is 4.41. The van der Waals surface area contributed by atoms with Crippen molar-refractivity contribution < 1.29 is 4.39 Å². The van der Waals surface area contributed by atoms with E-state index in [2.05, 4.69) is 9.97 Å². The lowest BCUT2D eigenvalue weighted by Gasteiger charge is -2.23. The van der Waals surface area contributed by atoms with Gasteiger partial charge in [-0.1, -0.05) is 39.5 Å². The van der Waals surface area contributed by atoms with Crippen LogP contribution < -0.4 is 5.56 Å². The van der Waals surface area contributed by atoms with Gasteiger partial charge in [0.2, 0.25) is 0 Å². The predicted octanol–water partition coefficient (Wildman–Crippen LogP) is 3.36. The van der Waals surface area contributed by atoms with Gasteiger partial charge in [-0.25, -0.2) is 9.37 Å². The highest BCUT2D eigenvalue weighted by molar-refractivity contribution is 7.99. The van der Waals surface area contributed by atoms with E-state index in [1.807, 2.05) is 33.8 Å². The molecule has 1 aliphatic rings. The summed E-state index contributed by atoms with van der Waals surface area (Å²) in [6, 6.07) is 3.25. The van der Waals surface area contributed by atoms with Crippen LogP contribution in [0.1, 0.15) is 39.0 Å². The third-order valence-electron chi connectivity index (χ3n) is 4.06. The molecule has 25 heavy (non-hydrogen) atoms. The number of aromatic nitrogens is 3. The summed E-state index contributed by atoms with van der Waals surface area (Å²) in [5.74, 6) is 0.724. The highest BCUT2D eigenvalue weighted by atomic mass is 32.2. The van der Waals surface area contributed by atoms with Crippen molar-refractivity contribution in [3.63, 3.8) is 0 Å². The van der Waals surface area contributed by atoms with Crippen molar-refractivity contribution in [1.29, 1.82) is 5.26 Å². The molecule has 0 unspecified atom stereocenters. The van der Waals surface area contributed by atoms with E-state index < -0.39 is 11.2 Å². The van der Waals surface area contributed by atoms with Gasteiger partial charge in [-0.05, 0) is 12.0 Å². The van der Waals surface area contributed by atoms with Crippen LogP contribution in [0.15, 0.2) is 22.2 Å². The van der Waals surface area contributed by atoms with Gasteiger partial charge in [-0.15, -0.1) is 0 Å². The smallest absolute Gasteiger partial charge is 0.272 e. The molecule has 0 amide bonds. The monoisotopic (exact) mass is 358 g/mol. The Morgan fingerprint density at radius 2 is 2.16 bits per heavy atom. The van der Waals surface area contributed by atoms with Crippen LogP contribution in [0, 0.1) is 23.1 Å². The lowest BCUT2D eigenvalue weighted by Crippen LogP contribution is -2.32. The maximum Gasteiger partial charge on any atom is 0.272 e. The molecule has 3 rings (SSSR count). The van der Waals surface area contributed by atoms with Gasteiger partial charge in [0.05, 0.1) is 11.4 Å². The summed E-state index contributed by atoms with van der Waals surface area (Å²) in [6.45, 7) is 8.21. The number of nitrogens with zero attached hydrogens (tertiary/aromatic N) is 4. The summed E-state index contributed by atoms with van der Waals surface area (Å²) < 4.78 is 16.0. The Labute approximate surface area is 149 Å². The molecule has 0 aliphatic carbocycles. The zero-order valence-electron chi connectivity index (χ0n) is 14.6. The lowest BCUT2D eigenvalue weighted by atomic mass is 9.90. The van der Waals surface area contributed by atoms with Crippen LogP contribution in [0.5, 0.6) is 0 Å². The average Bonchev–Trinajstić information content (AvgIpc) is 2.54. The first-order valence-electron chi connectivity index (χ1n) is 8.06. The number of thioether (sulfide) groups is 1. The van der Waals surface area contributed by atoms with Crippen molar-refractivity contribution in [3.8, 4) is 17.3 Å². The average molecular weight is 358 g/mol. The van der Waals surface area contributed by atoms with Gasteiger partial charge in [0.15, 0.2) is 5.16 Å². The fraction of sp³-hybridized carbons (Fsp3) is 0.444. The van der Waals surface area contributed by atoms with E-state index in [9.17, 15) is 14.4 Å². The first-order chi connectivity index (χ1) is 11.7. The molecule has 2 aromatic rings. The standard InChI is InChI=1S/C18H19FN4OS/c1-10-8-23-16(24)12(6-20)14(22-17(23)25-9-10)11-5-13(19)15(21-7-11)18(2,3)4/h5,7,10H,8-9H2,1-4H3/t10-/m1/s1. The molecule has 0 bridgehead atoms. The van der Waals surface area contributed by atoms with Gasteiger partial charge >= 0.3 is 0 Å². The Bertz CT molecular complexity index is 940. The Hall–Kier alpha value is -2.20. The lowest BCUT2D eigenvalue weighted by molar-refractivity contribution is 0.460. The van der Waals surface area contributed by atoms with Crippen LogP contribution in [0.2, 0.25) is 0 Å². The molecule has 130 valence electrons. The minimum atomic E-state index is -0.463. The molecule has 0 N–H and O–H groups in total. The molecule has 0 saturated carbocycles. The number of nitriles is 1. The molecule has 3 heterocycles. The highest BCUT2D eigenvalue weighted by Gasteiger charge is 2.25. The number of hydrogen-bond donors (Lipinski definition) is 0. The van der Waals surface area contributed by atoms with E-state index in [1.54, 1.807) is 0 Å². The topological polar surface area (TPSA) is 71.6 Å². The summed E-state index contributed by atoms with van der Waals surface area (Å²) in [5, 5.41) is 10.0. The van der Waals surface area contributed by atoms with Crippen molar-refractivity contribution >= 4 is 11.8 Å². The van der Waals surface area contributed by atoms with Crippen molar-refractivity contribution in [2.24, 2.45) is 5.92 Å². The van der Waals surface area contributed by atoms with Gasteiger partial charge in [0.1, 0.15) is 17.4 Å². The molecule has 7 heteroatoms. The molecular formula is C18H19FN4OS. The number of fused-ring (bicyclic) bond motifs is 1. The normalized spacial score (nSPS) is 17.0. The zero-order chi connectivity index (χ0) is 18.4. The van der Waals surface area contributed by atoms with Gasteiger partial charge in [-0.3, -0.25) is 14.3 Å². The maximum atomic E-state index is 14.5. The maximum absolute atomic E-state index is 14.5. The van der Waals surface area contributed by atoms with E-state index in [0.717, 1.165) is 5.75 Å². The van der Waals surface area contributed by atoms with Gasteiger partial charge in [0.25, 0.3) is 5.56 Å². The highest BCUT2D eigenvalue weighted by Crippen LogP contribution is 2.30. The van der Waals surface area contributed by atoms with E-state index in [4.69, 9.17) is 0 Å². The number of hydrogen-bond acceptors (Lipinski definition) is 5. The second-order valence-electron chi connectivity index (χ2n) is 7.37. The van der Waals surface area contributed by atoms with Gasteiger partial charge < -0.3 is 0 Å². The van der Waals surface area contributed by atoms with Crippen LogP contribution in [0.4, 0.5) is 4.39 Å². The van der Waals surface area contributed by atoms with E-state index in [1.165, 1.54) is 28.6 Å². The van der Waals surface area contributed by atoms with Gasteiger partial charge in [0, 0.05) is 29.5 Å². The first-order valence-corrected chi connectivity index (χ1v) is 9.05. The first kappa shape index (κ1) is 17.6. The minimum Gasteiger partial charge on any atom is -0.286 e. The number of pyridine rings is 1. The molecule has 1 atom stereocenters. The van der Waals surface area contributed by atoms with E-state index in [-0.39, 0.29) is 16.8 Å². The summed E-state index contributed by atoms with van der Waals surface area (Å²) in [5.41, 5.74) is 0.0160. The predicted molar refractivity (Wildman–Crippen MR) is 95.0 cm³/mol. The molecule has 0 fully saturated rings. The second kappa shape index (κ2) is 6.26. The van der Waals surface area contributed by atoms with Crippen molar-refractivity contribution in [1.82, 2.24) is 14.5 Å². The molecule has 1 aliphatic heterocycles. The van der Waals surface area contributed by atoms with Crippen molar-refractivity contribution in [3.05, 3.63) is 39.7 Å². The minimum absolute atomic E-state index is 0.0665.